The molecule has 0 aliphatic carbocycles. The van der Waals surface area contributed by atoms with Crippen molar-refractivity contribution in [3.63, 3.8) is 0 Å². The van der Waals surface area contributed by atoms with Gasteiger partial charge in [-0.15, -0.1) is 0 Å². The van der Waals surface area contributed by atoms with E-state index in [9.17, 15) is 9.59 Å². The first kappa shape index (κ1) is 15.9. The number of nitrogens with one attached hydrogen (secondary N) is 2. The Morgan fingerprint density at radius 1 is 1.24 bits per heavy atom. The molecule has 1 unspecified atom stereocenters. The fourth-order valence-corrected chi connectivity index (χ4v) is 1.21. The summed E-state index contributed by atoms with van der Waals surface area (Å²) >= 11 is 0. The van der Waals surface area contributed by atoms with Crippen LogP contribution in [0.15, 0.2) is 0 Å². The van der Waals surface area contributed by atoms with E-state index in [1.807, 2.05) is 6.92 Å². The zero-order valence-electron chi connectivity index (χ0n) is 10.6. The Kier molecular flexibility index (Phi) is 9.37. The van der Waals surface area contributed by atoms with E-state index >= 15 is 0 Å². The summed E-state index contributed by atoms with van der Waals surface area (Å²) in [6.07, 6.45) is 1.17. The van der Waals surface area contributed by atoms with Crippen LogP contribution >= 0.6 is 0 Å². The molecule has 17 heavy (non-hydrogen) atoms. The van der Waals surface area contributed by atoms with Crippen LogP contribution in [0.2, 0.25) is 0 Å². The van der Waals surface area contributed by atoms with Crippen LogP contribution in [0.1, 0.15) is 26.2 Å². The lowest BCUT2D eigenvalue weighted by Gasteiger charge is -2.12. The minimum absolute atomic E-state index is 0.0470. The first-order valence-corrected chi connectivity index (χ1v) is 5.90. The van der Waals surface area contributed by atoms with Crippen LogP contribution in [-0.4, -0.2) is 44.7 Å². The van der Waals surface area contributed by atoms with E-state index in [0.717, 1.165) is 6.42 Å². The lowest BCUT2D eigenvalue weighted by atomic mass is 10.2. The molecule has 0 aromatic carbocycles. The maximum atomic E-state index is 11.4. The molecule has 2 amide bonds. The molecule has 1 atom stereocenters. The van der Waals surface area contributed by atoms with Gasteiger partial charge >= 0.3 is 0 Å². The molecule has 6 nitrogen and oxygen atoms in total. The second-order valence-electron chi connectivity index (χ2n) is 3.75. The third-order valence-corrected chi connectivity index (χ3v) is 2.26. The zero-order chi connectivity index (χ0) is 13.1. The summed E-state index contributed by atoms with van der Waals surface area (Å²) in [5.74, 6) is -0.195. The van der Waals surface area contributed by atoms with E-state index < -0.39 is 0 Å². The van der Waals surface area contributed by atoms with Crippen LogP contribution in [-0.2, 0) is 14.3 Å². The Bertz CT molecular complexity index is 230. The van der Waals surface area contributed by atoms with Gasteiger partial charge in [0.05, 0.1) is 12.5 Å². The van der Waals surface area contributed by atoms with E-state index in [4.69, 9.17) is 10.5 Å². The molecule has 0 aromatic rings. The van der Waals surface area contributed by atoms with Gasteiger partial charge in [-0.25, -0.2) is 0 Å². The van der Waals surface area contributed by atoms with Crippen molar-refractivity contribution in [2.24, 2.45) is 5.73 Å². The average Bonchev–Trinajstić information content (AvgIpc) is 2.33. The van der Waals surface area contributed by atoms with Gasteiger partial charge in [-0.3, -0.25) is 9.59 Å². The van der Waals surface area contributed by atoms with Gasteiger partial charge in [0.25, 0.3) is 0 Å². The molecule has 0 radical (unpaired) electrons. The molecule has 6 heteroatoms. The Morgan fingerprint density at radius 2 is 1.88 bits per heavy atom. The number of ether oxygens (including phenoxy) is 1. The topological polar surface area (TPSA) is 93.5 Å². The van der Waals surface area contributed by atoms with Crippen molar-refractivity contribution in [3.8, 4) is 0 Å². The molecule has 4 N–H and O–H groups in total. The monoisotopic (exact) mass is 245 g/mol. The summed E-state index contributed by atoms with van der Waals surface area (Å²) in [6.45, 7) is 3.31. The third-order valence-electron chi connectivity index (χ3n) is 2.26. The van der Waals surface area contributed by atoms with Crippen LogP contribution in [0.25, 0.3) is 0 Å². The summed E-state index contributed by atoms with van der Waals surface area (Å²) in [5, 5.41) is 5.39. The van der Waals surface area contributed by atoms with Crippen molar-refractivity contribution in [2.75, 3.05) is 26.7 Å². The van der Waals surface area contributed by atoms with Gasteiger partial charge < -0.3 is 21.1 Å². The van der Waals surface area contributed by atoms with Crippen molar-refractivity contribution >= 4 is 11.8 Å². The second kappa shape index (κ2) is 10.0. The minimum Gasteiger partial charge on any atom is -0.380 e. The minimum atomic E-state index is -0.260. The van der Waals surface area contributed by atoms with E-state index in [-0.39, 0.29) is 24.3 Å². The molecule has 0 heterocycles. The lowest BCUT2D eigenvalue weighted by molar-refractivity contribution is -0.123. The van der Waals surface area contributed by atoms with E-state index in [0.29, 0.717) is 26.1 Å². The highest BCUT2D eigenvalue weighted by atomic mass is 16.5. The molecule has 100 valence electrons. The first-order valence-electron chi connectivity index (χ1n) is 5.90. The van der Waals surface area contributed by atoms with Crippen LogP contribution in [0.4, 0.5) is 0 Å². The highest BCUT2D eigenvalue weighted by Crippen LogP contribution is 1.94. The van der Waals surface area contributed by atoms with Gasteiger partial charge in [-0.1, -0.05) is 6.92 Å². The number of hydrogen-bond donors (Lipinski definition) is 3. The molecule has 0 aliphatic heterocycles. The summed E-state index contributed by atoms with van der Waals surface area (Å²) in [6, 6.07) is 0. The predicted octanol–water partition coefficient (Wildman–Crippen LogP) is -0.617. The van der Waals surface area contributed by atoms with Gasteiger partial charge in [0.1, 0.15) is 0 Å². The maximum Gasteiger partial charge on any atom is 0.222 e. The fourth-order valence-electron chi connectivity index (χ4n) is 1.21. The largest absolute Gasteiger partial charge is 0.380 e. The Balaban J connectivity index is 3.60. The smallest absolute Gasteiger partial charge is 0.222 e. The number of carbonyl (C=O) groups is 2. The summed E-state index contributed by atoms with van der Waals surface area (Å²) in [4.78, 5) is 22.6. The van der Waals surface area contributed by atoms with Gasteiger partial charge in [-0.05, 0) is 6.42 Å². The number of methoxy groups -OCH3 is 1. The molecule has 0 saturated heterocycles. The van der Waals surface area contributed by atoms with Gasteiger partial charge in [-0.2, -0.15) is 0 Å². The van der Waals surface area contributed by atoms with Gasteiger partial charge in [0.2, 0.25) is 11.8 Å². The molecular weight excluding hydrogens is 222 g/mol. The molecule has 0 bridgehead atoms. The number of hydrogen-bond acceptors (Lipinski definition) is 4. The molecule has 0 saturated carbocycles. The molecule has 0 aromatic heterocycles. The van der Waals surface area contributed by atoms with Crippen LogP contribution in [0.3, 0.4) is 0 Å². The second-order valence-corrected chi connectivity index (χ2v) is 3.75. The molecule has 0 aliphatic rings. The number of amides is 2. The van der Waals surface area contributed by atoms with Crippen molar-refractivity contribution in [3.05, 3.63) is 0 Å². The van der Waals surface area contributed by atoms with Crippen LogP contribution < -0.4 is 16.4 Å². The normalized spacial score (nSPS) is 11.9. The van der Waals surface area contributed by atoms with Crippen molar-refractivity contribution < 1.29 is 14.3 Å². The van der Waals surface area contributed by atoms with E-state index in [1.165, 1.54) is 7.11 Å². The Morgan fingerprint density at radius 3 is 2.41 bits per heavy atom. The molecule has 0 fully saturated rings. The van der Waals surface area contributed by atoms with Crippen molar-refractivity contribution in [1.82, 2.24) is 10.6 Å². The van der Waals surface area contributed by atoms with Gasteiger partial charge in [0.15, 0.2) is 0 Å². The highest BCUT2D eigenvalue weighted by Gasteiger charge is 2.11. The standard InChI is InChI=1S/C11H23N3O3/c1-3-5-13-10(15)4-6-14-11(16)7-9(8-12)17-2/h9H,3-8,12H2,1-2H3,(H,13,15)(H,14,16). The quantitative estimate of drug-likeness (QED) is 0.505. The van der Waals surface area contributed by atoms with Crippen LogP contribution in [0.5, 0.6) is 0 Å². The Labute approximate surface area is 102 Å². The van der Waals surface area contributed by atoms with E-state index in [1.54, 1.807) is 0 Å². The maximum absolute atomic E-state index is 11.4. The van der Waals surface area contributed by atoms with Crippen molar-refractivity contribution in [1.29, 1.82) is 0 Å². The number of rotatable bonds is 9. The van der Waals surface area contributed by atoms with Gasteiger partial charge in [0, 0.05) is 33.2 Å². The molecule has 0 spiro atoms. The molecular formula is C11H23N3O3. The first-order chi connectivity index (χ1) is 8.13. The summed E-state index contributed by atoms with van der Waals surface area (Å²) < 4.78 is 4.99. The highest BCUT2D eigenvalue weighted by molar-refractivity contribution is 5.79. The fraction of sp³-hybridized carbons (Fsp3) is 0.818. The molecule has 0 rings (SSSR count). The summed E-state index contributed by atoms with van der Waals surface area (Å²) in [7, 11) is 1.52. The van der Waals surface area contributed by atoms with E-state index in [2.05, 4.69) is 10.6 Å². The lowest BCUT2D eigenvalue weighted by Crippen LogP contribution is -2.34. The van der Waals surface area contributed by atoms with Crippen LogP contribution in [0, 0.1) is 0 Å². The summed E-state index contributed by atoms with van der Waals surface area (Å²) in [5.41, 5.74) is 5.39. The number of carbonyl (C=O) groups excluding carboxylic acids is 2. The van der Waals surface area contributed by atoms with Crippen molar-refractivity contribution in [2.45, 2.75) is 32.3 Å². The number of nitrogens with two attached hydrogens (primary N) is 1. The predicted molar refractivity (Wildman–Crippen MR) is 65.4 cm³/mol. The Hall–Kier alpha value is -1.14. The SMILES string of the molecule is CCCNC(=O)CCNC(=O)CC(CN)OC. The average molecular weight is 245 g/mol. The third kappa shape index (κ3) is 8.65. The zero-order valence-corrected chi connectivity index (χ0v) is 10.6.